The number of aromatic nitrogens is 6. The number of aryl methyl sites for hydroxylation is 8. The Bertz CT molecular complexity index is 5620. The summed E-state index contributed by atoms with van der Waals surface area (Å²) in [6, 6.07) is 87.0. The van der Waals surface area contributed by atoms with Crippen LogP contribution in [0.5, 0.6) is 0 Å². The fraction of sp³-hybridized carbons (Fsp3) is 0.0952. The largest absolute Gasteiger partial charge is 0.308 e. The number of hydrogen-bond acceptors (Lipinski definition) is 2. The summed E-state index contributed by atoms with van der Waals surface area (Å²) >= 11 is 0. The van der Waals surface area contributed by atoms with Gasteiger partial charge in [-0.3, -0.25) is 4.98 Å². The standard InChI is InChI=1S/C84H64N6/c1-49-19-29-70-61(41-49)62-42-50(2)20-30-71(62)87(70)81-78(58-37-39-85-40-38-58)82(88-72-31-21-51(3)43-63(72)64-44-52(4)22-32-73(64)88)84(90-76-35-25-55(7)47-67(76)68-48-56(8)26-36-77(68)90)83(89-74-33-23-53(5)45-65(74)66-46-54(6)24-34-75(66)89)79(81)60-27-28-69(57-15-11-9-12-16-57)86-80(60)59-17-13-10-14-18-59/h9-48H,1-8H3. The molecule has 6 heterocycles. The maximum absolute atomic E-state index is 5.97. The van der Waals surface area contributed by atoms with Crippen LogP contribution in [-0.2, 0) is 0 Å². The average molecular weight is 1160 g/mol. The van der Waals surface area contributed by atoms with Crippen LogP contribution in [0.15, 0.2) is 243 Å². The van der Waals surface area contributed by atoms with Gasteiger partial charge in [-0.25, -0.2) is 4.98 Å². The Kier molecular flexibility index (Phi) is 12.0. The fourth-order valence-corrected chi connectivity index (χ4v) is 14.8. The Morgan fingerprint density at radius 1 is 0.244 bits per heavy atom. The van der Waals surface area contributed by atoms with E-state index in [4.69, 9.17) is 9.97 Å². The summed E-state index contributed by atoms with van der Waals surface area (Å²) in [5.74, 6) is 0. The molecule has 17 rings (SSSR count). The summed E-state index contributed by atoms with van der Waals surface area (Å²) in [5.41, 5.74) is 30.4. The second kappa shape index (κ2) is 20.2. The summed E-state index contributed by atoms with van der Waals surface area (Å²) in [5, 5.41) is 9.52. The molecular formula is C84H64N6. The van der Waals surface area contributed by atoms with E-state index in [1.807, 2.05) is 12.4 Å². The molecule has 0 aliphatic carbocycles. The van der Waals surface area contributed by atoms with Crippen molar-refractivity contribution in [3.8, 4) is 67.5 Å². The van der Waals surface area contributed by atoms with Gasteiger partial charge in [-0.05, 0) is 182 Å². The van der Waals surface area contributed by atoms with E-state index in [9.17, 15) is 0 Å². The summed E-state index contributed by atoms with van der Waals surface area (Å²) in [7, 11) is 0. The van der Waals surface area contributed by atoms with E-state index < -0.39 is 0 Å². The second-order valence-electron chi connectivity index (χ2n) is 25.2. The topological polar surface area (TPSA) is 45.5 Å². The molecule has 0 radical (unpaired) electrons. The molecule has 6 aromatic heterocycles. The minimum atomic E-state index is 0.870. The van der Waals surface area contributed by atoms with Crippen molar-refractivity contribution in [2.45, 2.75) is 55.4 Å². The minimum Gasteiger partial charge on any atom is -0.308 e. The van der Waals surface area contributed by atoms with Gasteiger partial charge >= 0.3 is 0 Å². The van der Waals surface area contributed by atoms with Crippen LogP contribution in [0.1, 0.15) is 44.5 Å². The quantitative estimate of drug-likeness (QED) is 0.152. The van der Waals surface area contributed by atoms with Gasteiger partial charge in [0.2, 0.25) is 0 Å². The lowest BCUT2D eigenvalue weighted by atomic mass is 9.88. The Morgan fingerprint density at radius 2 is 0.544 bits per heavy atom. The summed E-state index contributed by atoms with van der Waals surface area (Å²) in [6.07, 6.45) is 3.95. The Balaban J connectivity index is 1.27. The molecule has 0 unspecified atom stereocenters. The zero-order valence-electron chi connectivity index (χ0n) is 51.8. The van der Waals surface area contributed by atoms with Crippen molar-refractivity contribution in [1.82, 2.24) is 28.2 Å². The third-order valence-electron chi connectivity index (χ3n) is 18.8. The van der Waals surface area contributed by atoms with Gasteiger partial charge < -0.3 is 18.3 Å². The molecule has 0 saturated carbocycles. The number of hydrogen-bond donors (Lipinski definition) is 0. The summed E-state index contributed by atoms with van der Waals surface area (Å²) < 4.78 is 10.5. The Morgan fingerprint density at radius 3 is 0.889 bits per heavy atom. The molecule has 0 aliphatic heterocycles. The molecule has 0 bridgehead atoms. The van der Waals surface area contributed by atoms with Crippen LogP contribution in [0.25, 0.3) is 155 Å². The van der Waals surface area contributed by atoms with Crippen LogP contribution in [0.4, 0.5) is 0 Å². The molecule has 0 amide bonds. The first kappa shape index (κ1) is 53.2. The monoisotopic (exact) mass is 1160 g/mol. The van der Waals surface area contributed by atoms with E-state index in [-0.39, 0.29) is 0 Å². The Hall–Kier alpha value is -11.1. The van der Waals surface area contributed by atoms with Crippen LogP contribution < -0.4 is 0 Å². The average Bonchev–Trinajstić information content (AvgIpc) is 1.40. The molecule has 0 fully saturated rings. The van der Waals surface area contributed by atoms with Crippen LogP contribution in [-0.4, -0.2) is 28.2 Å². The van der Waals surface area contributed by atoms with Crippen molar-refractivity contribution in [3.63, 3.8) is 0 Å². The third kappa shape index (κ3) is 8.10. The van der Waals surface area contributed by atoms with E-state index >= 15 is 0 Å². The first-order valence-electron chi connectivity index (χ1n) is 31.3. The number of rotatable bonds is 8. The van der Waals surface area contributed by atoms with Crippen LogP contribution in [0.3, 0.4) is 0 Å². The normalized spacial score (nSPS) is 12.0. The van der Waals surface area contributed by atoms with Gasteiger partial charge in [-0.2, -0.15) is 0 Å². The van der Waals surface area contributed by atoms with Crippen molar-refractivity contribution in [2.24, 2.45) is 0 Å². The summed E-state index contributed by atoms with van der Waals surface area (Å²) in [6.45, 7) is 17.8. The molecule has 6 nitrogen and oxygen atoms in total. The van der Waals surface area contributed by atoms with Crippen LogP contribution >= 0.6 is 0 Å². The van der Waals surface area contributed by atoms with Gasteiger partial charge in [0, 0.05) is 83.3 Å². The smallest absolute Gasteiger partial charge is 0.0961 e. The van der Waals surface area contributed by atoms with Gasteiger partial charge in [-0.15, -0.1) is 0 Å². The molecule has 11 aromatic carbocycles. The molecule has 0 atom stereocenters. The fourth-order valence-electron chi connectivity index (χ4n) is 14.8. The minimum absolute atomic E-state index is 0.870. The highest BCUT2D eigenvalue weighted by Gasteiger charge is 2.37. The van der Waals surface area contributed by atoms with Crippen molar-refractivity contribution >= 4 is 87.2 Å². The van der Waals surface area contributed by atoms with Gasteiger partial charge in [-0.1, -0.05) is 154 Å². The van der Waals surface area contributed by atoms with E-state index in [0.717, 1.165) is 112 Å². The van der Waals surface area contributed by atoms with Gasteiger partial charge in [0.05, 0.1) is 78.3 Å². The maximum Gasteiger partial charge on any atom is 0.0961 e. The van der Waals surface area contributed by atoms with Crippen LogP contribution in [0.2, 0.25) is 0 Å². The highest BCUT2D eigenvalue weighted by Crippen LogP contribution is 2.56. The molecule has 6 heteroatoms. The number of pyridine rings is 2. The number of nitrogens with zero attached hydrogens (tertiary/aromatic N) is 6. The zero-order valence-corrected chi connectivity index (χ0v) is 51.8. The highest BCUT2D eigenvalue weighted by molar-refractivity contribution is 6.19. The number of fused-ring (bicyclic) bond motifs is 12. The van der Waals surface area contributed by atoms with E-state index in [1.54, 1.807) is 0 Å². The molecule has 90 heavy (non-hydrogen) atoms. The summed E-state index contributed by atoms with van der Waals surface area (Å²) in [4.78, 5) is 10.8. The van der Waals surface area contributed by atoms with Crippen molar-refractivity contribution in [1.29, 1.82) is 0 Å². The predicted octanol–water partition coefficient (Wildman–Crippen LogP) is 22.0. The third-order valence-corrected chi connectivity index (χ3v) is 18.8. The maximum atomic E-state index is 5.97. The highest BCUT2D eigenvalue weighted by atomic mass is 15.1. The Labute approximate surface area is 522 Å². The molecule has 0 aliphatic rings. The van der Waals surface area contributed by atoms with Gasteiger partial charge in [0.25, 0.3) is 0 Å². The molecule has 17 aromatic rings. The molecule has 0 N–H and O–H groups in total. The van der Waals surface area contributed by atoms with E-state index in [0.29, 0.717) is 0 Å². The first-order chi connectivity index (χ1) is 43.9. The predicted molar refractivity (Wildman–Crippen MR) is 379 cm³/mol. The lowest BCUT2D eigenvalue weighted by molar-refractivity contribution is 1.04. The molecule has 0 saturated heterocycles. The van der Waals surface area contributed by atoms with Crippen molar-refractivity contribution in [3.05, 3.63) is 287 Å². The lowest BCUT2D eigenvalue weighted by Crippen LogP contribution is -2.16. The zero-order chi connectivity index (χ0) is 60.8. The number of benzene rings is 11. The molecule has 0 spiro atoms. The molecular weight excluding hydrogens is 1090 g/mol. The van der Waals surface area contributed by atoms with Crippen molar-refractivity contribution in [2.75, 3.05) is 0 Å². The first-order valence-corrected chi connectivity index (χ1v) is 31.3. The van der Waals surface area contributed by atoms with E-state index in [1.165, 1.54) is 87.6 Å². The van der Waals surface area contributed by atoms with Gasteiger partial charge in [0.15, 0.2) is 0 Å². The second-order valence-corrected chi connectivity index (χ2v) is 25.2. The van der Waals surface area contributed by atoms with Crippen molar-refractivity contribution < 1.29 is 0 Å². The lowest BCUT2D eigenvalue weighted by Gasteiger charge is -2.32. The van der Waals surface area contributed by atoms with E-state index in [2.05, 4.69) is 304 Å². The SMILES string of the molecule is Cc1ccc2c(c1)c1cc(C)ccc1n2-c1c(-c2ccncc2)c(-n2c3ccc(C)cc3c3cc(C)ccc32)c(-n2c3ccc(C)cc3c3cc(C)ccc32)c(-n2c3ccc(C)cc3c3cc(C)ccc32)c1-c1ccc(-c2ccccc2)nc1-c1ccccc1. The van der Waals surface area contributed by atoms with Crippen LogP contribution in [0, 0.1) is 55.4 Å². The van der Waals surface area contributed by atoms with Gasteiger partial charge in [0.1, 0.15) is 0 Å². The molecule has 430 valence electrons.